The van der Waals surface area contributed by atoms with E-state index in [-0.39, 0.29) is 50.8 Å². The van der Waals surface area contributed by atoms with Crippen molar-refractivity contribution in [3.63, 3.8) is 0 Å². The third-order valence-electron chi connectivity index (χ3n) is 7.76. The van der Waals surface area contributed by atoms with Gasteiger partial charge in [0.1, 0.15) is 0 Å². The lowest BCUT2D eigenvalue weighted by Gasteiger charge is -2.30. The molecule has 0 saturated carbocycles. The number of aryl methyl sites for hydroxylation is 2. The van der Waals surface area contributed by atoms with Gasteiger partial charge in [-0.1, -0.05) is 35.9 Å². The van der Waals surface area contributed by atoms with Crippen molar-refractivity contribution >= 4 is 50.8 Å². The summed E-state index contributed by atoms with van der Waals surface area (Å²) in [6.07, 6.45) is -11.4. The molecule has 0 radical (unpaired) electrons. The van der Waals surface area contributed by atoms with Gasteiger partial charge in [-0.3, -0.25) is 27.7 Å². The molecule has 0 saturated heterocycles. The van der Waals surface area contributed by atoms with Gasteiger partial charge in [0.15, 0.2) is 0 Å². The molecule has 4 aromatic rings. The van der Waals surface area contributed by atoms with E-state index in [9.17, 15) is 54.1 Å². The monoisotopic (exact) mass is 748 g/mol. The highest BCUT2D eigenvalue weighted by Crippen LogP contribution is 2.53. The van der Waals surface area contributed by atoms with Gasteiger partial charge in [-0.25, -0.2) is 9.18 Å². The Labute approximate surface area is 286 Å². The van der Waals surface area contributed by atoms with Crippen molar-refractivity contribution in [2.75, 3.05) is 17.3 Å². The number of rotatable bonds is 9. The van der Waals surface area contributed by atoms with Crippen LogP contribution in [0.3, 0.4) is 0 Å². The molecule has 50 heavy (non-hydrogen) atoms. The summed E-state index contributed by atoms with van der Waals surface area (Å²) >= 11 is 6.26. The molecule has 0 bridgehead atoms. The number of aromatic nitrogens is 2. The predicted molar refractivity (Wildman–Crippen MR) is 174 cm³/mol. The Morgan fingerprint density at radius 3 is 2.16 bits per heavy atom. The molecule has 2 atom stereocenters. The number of carbonyl (C=O) groups is 2. The van der Waals surface area contributed by atoms with Gasteiger partial charge in [0.05, 0.1) is 33.6 Å². The maximum Gasteiger partial charge on any atom is 0.435 e. The van der Waals surface area contributed by atoms with Crippen LogP contribution in [0.2, 0.25) is 5.02 Å². The normalized spacial score (nSPS) is 13.6. The van der Waals surface area contributed by atoms with Crippen molar-refractivity contribution in [2.45, 2.75) is 44.5 Å². The van der Waals surface area contributed by atoms with E-state index in [0.29, 0.717) is 16.2 Å². The van der Waals surface area contributed by atoms with Crippen LogP contribution in [0.1, 0.15) is 44.3 Å². The highest BCUT2D eigenvalue weighted by molar-refractivity contribution is 7.84. The van der Waals surface area contributed by atoms with Crippen LogP contribution in [0.25, 0.3) is 10.9 Å². The molecule has 0 aliphatic heterocycles. The number of hydrogen-bond donors (Lipinski definition) is 2. The Kier molecular flexibility index (Phi) is 10.7. The van der Waals surface area contributed by atoms with E-state index < -0.39 is 75.4 Å². The molecule has 1 aromatic heterocycles. The molecule has 0 aliphatic carbocycles. The van der Waals surface area contributed by atoms with Crippen molar-refractivity contribution in [1.29, 1.82) is 0 Å². The Morgan fingerprint density at radius 1 is 0.940 bits per heavy atom. The zero-order chi connectivity index (χ0) is 37.5. The third kappa shape index (κ3) is 7.33. The van der Waals surface area contributed by atoms with E-state index in [2.05, 4.69) is 10.6 Å². The highest BCUT2D eigenvalue weighted by atomic mass is 35.5. The van der Waals surface area contributed by atoms with E-state index in [1.165, 1.54) is 42.7 Å². The third-order valence-corrected chi connectivity index (χ3v) is 9.04. The van der Waals surface area contributed by atoms with E-state index in [0.717, 1.165) is 11.6 Å². The van der Waals surface area contributed by atoms with Crippen molar-refractivity contribution in [3.05, 3.63) is 108 Å². The van der Waals surface area contributed by atoms with Gasteiger partial charge in [0, 0.05) is 47.1 Å². The first-order chi connectivity index (χ1) is 23.1. The number of alkyl halides is 7. The molecule has 1 heterocycles. The molecule has 2 N–H and O–H groups in total. The summed E-state index contributed by atoms with van der Waals surface area (Å²) in [5.41, 5.74) is -9.53. The summed E-state index contributed by atoms with van der Waals surface area (Å²) in [4.78, 5) is 52.7. The molecular weight excluding hydrogens is 721 g/mol. The average Bonchev–Trinajstić information content (AvgIpc) is 3.00. The Hall–Kier alpha value is -4.51. The lowest BCUT2D eigenvalue weighted by atomic mass is 9.93. The predicted octanol–water partition coefficient (Wildman–Crippen LogP) is 5.75. The van der Waals surface area contributed by atoms with Gasteiger partial charge in [-0.15, -0.1) is 0 Å². The summed E-state index contributed by atoms with van der Waals surface area (Å²) in [6.45, 7) is 2.69. The van der Waals surface area contributed by atoms with Crippen LogP contribution in [0.5, 0.6) is 0 Å². The number of fused-ring (bicyclic) bond motifs is 1. The SMILES string of the molecule is Cc1cc(Cn2c(=O)c3cc(C(F)(C(F)(F)F)C(F)(F)F)ccc3n(C)c2=O)ccc1NC(=O)c1cccc(Cl)c1C(=O)N[C@@H](C)CS(C)=O. The fourth-order valence-electron chi connectivity index (χ4n) is 5.33. The Bertz CT molecular complexity index is 2130. The van der Waals surface area contributed by atoms with E-state index >= 15 is 0 Å². The maximum absolute atomic E-state index is 14.8. The number of nitrogens with one attached hydrogen (secondary N) is 2. The smallest absolute Gasteiger partial charge is 0.349 e. The van der Waals surface area contributed by atoms with E-state index in [1.54, 1.807) is 13.8 Å². The second-order valence-electron chi connectivity index (χ2n) is 11.5. The Morgan fingerprint density at radius 2 is 1.58 bits per heavy atom. The van der Waals surface area contributed by atoms with Gasteiger partial charge in [-0.05, 0) is 55.3 Å². The van der Waals surface area contributed by atoms with Gasteiger partial charge in [0.25, 0.3) is 17.4 Å². The fourth-order valence-corrected chi connectivity index (χ4v) is 6.38. The fraction of sp³-hybridized carbons (Fsp3) is 0.312. The van der Waals surface area contributed by atoms with Crippen LogP contribution in [-0.2, 0) is 30.1 Å². The minimum absolute atomic E-state index is 0.0180. The second kappa shape index (κ2) is 14.0. The molecule has 1 unspecified atom stereocenters. The number of benzene rings is 3. The van der Waals surface area contributed by atoms with Crippen LogP contribution >= 0.6 is 11.6 Å². The van der Waals surface area contributed by atoms with Crippen LogP contribution in [0.4, 0.5) is 36.4 Å². The quantitative estimate of drug-likeness (QED) is 0.212. The molecule has 0 aliphatic rings. The van der Waals surface area contributed by atoms with Crippen molar-refractivity contribution in [1.82, 2.24) is 14.5 Å². The van der Waals surface area contributed by atoms with Gasteiger partial charge in [0.2, 0.25) is 0 Å². The van der Waals surface area contributed by atoms with E-state index in [4.69, 9.17) is 11.6 Å². The standard InChI is InChI=1S/C32H28ClF7N4O5S/c1-16-12-18(8-10-23(16)42-26(45)20-6-5-7-22(33)25(20)27(46)41-17(2)15-50(4)49)14-44-28(47)21-13-19(9-11-24(21)43(3)29(44)48)30(34,31(35,36)37)32(38,39)40/h5-13,17H,14-15H2,1-4H3,(H,41,46)(H,42,45)/t17-,50?/m0/s1. The molecule has 18 heteroatoms. The largest absolute Gasteiger partial charge is 0.435 e. The maximum atomic E-state index is 14.8. The summed E-state index contributed by atoms with van der Waals surface area (Å²) in [5, 5.41) is 4.51. The number of nitrogens with zero attached hydrogens (tertiary/aromatic N) is 2. The summed E-state index contributed by atoms with van der Waals surface area (Å²) < 4.78 is 108. The van der Waals surface area contributed by atoms with Crippen LogP contribution < -0.4 is 21.9 Å². The van der Waals surface area contributed by atoms with Gasteiger partial charge < -0.3 is 10.6 Å². The van der Waals surface area contributed by atoms with Crippen molar-refractivity contribution in [2.24, 2.45) is 7.05 Å². The van der Waals surface area contributed by atoms with Crippen molar-refractivity contribution < 1.29 is 44.5 Å². The van der Waals surface area contributed by atoms with Crippen LogP contribution in [-0.4, -0.2) is 55.6 Å². The highest BCUT2D eigenvalue weighted by Gasteiger charge is 2.73. The first-order valence-electron chi connectivity index (χ1n) is 14.4. The minimum atomic E-state index is -6.41. The average molecular weight is 749 g/mol. The summed E-state index contributed by atoms with van der Waals surface area (Å²) in [7, 11) is -0.0708. The van der Waals surface area contributed by atoms with Crippen LogP contribution in [0.15, 0.2) is 64.2 Å². The van der Waals surface area contributed by atoms with Crippen LogP contribution in [0, 0.1) is 6.92 Å². The second-order valence-corrected chi connectivity index (χ2v) is 13.4. The molecule has 9 nitrogen and oxygen atoms in total. The molecule has 4 rings (SSSR count). The number of hydrogen-bond acceptors (Lipinski definition) is 5. The van der Waals surface area contributed by atoms with E-state index in [1.807, 2.05) is 0 Å². The number of carbonyl (C=O) groups excluding carboxylic acids is 2. The summed E-state index contributed by atoms with van der Waals surface area (Å²) in [5.74, 6) is -1.23. The lowest BCUT2D eigenvalue weighted by Crippen LogP contribution is -2.50. The van der Waals surface area contributed by atoms with Gasteiger partial charge in [-0.2, -0.15) is 26.3 Å². The topological polar surface area (TPSA) is 119 Å². The molecule has 0 spiro atoms. The lowest BCUT2D eigenvalue weighted by molar-refractivity contribution is -0.348. The summed E-state index contributed by atoms with van der Waals surface area (Å²) in [6, 6.07) is 8.99. The minimum Gasteiger partial charge on any atom is -0.349 e. The zero-order valence-electron chi connectivity index (χ0n) is 26.6. The first kappa shape index (κ1) is 38.3. The molecule has 2 amide bonds. The number of amides is 2. The first-order valence-corrected chi connectivity index (χ1v) is 16.6. The molecular formula is C32H28ClF7N4O5S. The Balaban J connectivity index is 1.67. The molecule has 268 valence electrons. The molecule has 3 aromatic carbocycles. The number of halogens is 8. The zero-order valence-corrected chi connectivity index (χ0v) is 28.1. The molecule has 0 fully saturated rings. The van der Waals surface area contributed by atoms with Gasteiger partial charge >= 0.3 is 23.7 Å². The number of anilines is 1. The van der Waals surface area contributed by atoms with Crippen molar-refractivity contribution in [3.8, 4) is 0 Å².